The highest BCUT2D eigenvalue weighted by atomic mass is 79.9. The van der Waals surface area contributed by atoms with E-state index in [2.05, 4.69) is 28.2 Å². The maximum absolute atomic E-state index is 5.87. The maximum atomic E-state index is 5.87. The van der Waals surface area contributed by atoms with Crippen LogP contribution in [-0.2, 0) is 16.8 Å². The number of halogens is 1. The van der Waals surface area contributed by atoms with Crippen molar-refractivity contribution < 1.29 is 4.74 Å². The maximum Gasteiger partial charge on any atom is 0.162 e. The quantitative estimate of drug-likeness (QED) is 0.877. The van der Waals surface area contributed by atoms with E-state index in [-0.39, 0.29) is 5.60 Å². The van der Waals surface area contributed by atoms with Crippen LogP contribution in [0.5, 0.6) is 0 Å². The van der Waals surface area contributed by atoms with Crippen LogP contribution >= 0.6 is 15.9 Å². The van der Waals surface area contributed by atoms with Crippen molar-refractivity contribution in [2.45, 2.75) is 57.5 Å². The van der Waals surface area contributed by atoms with Crippen molar-refractivity contribution in [3.8, 4) is 0 Å². The number of ether oxygens (including phenoxy) is 1. The molecule has 4 nitrogen and oxygen atoms in total. The van der Waals surface area contributed by atoms with E-state index in [0.717, 1.165) is 47.5 Å². The van der Waals surface area contributed by atoms with Gasteiger partial charge in [0.05, 0.1) is 10.2 Å². The molecule has 112 valence electrons. The summed E-state index contributed by atoms with van der Waals surface area (Å²) in [6.07, 6.45) is 7.70. The highest BCUT2D eigenvalue weighted by Crippen LogP contribution is 2.39. The zero-order chi connectivity index (χ0) is 14.6. The molecule has 0 amide bonds. The van der Waals surface area contributed by atoms with Gasteiger partial charge in [-0.1, -0.05) is 32.6 Å². The third-order valence-corrected chi connectivity index (χ3v) is 4.94. The Morgan fingerprint density at radius 2 is 1.95 bits per heavy atom. The minimum Gasteiger partial charge on any atom is -0.372 e. The highest BCUT2D eigenvalue weighted by molar-refractivity contribution is 9.10. The molecule has 0 aromatic carbocycles. The fraction of sp³-hybridized carbons (Fsp3) is 0.733. The number of rotatable bonds is 5. The normalized spacial score (nSPS) is 18.0. The minimum atomic E-state index is -0.299. The molecular formula is C15H24BrN3O. The SMILES string of the molecule is CCCc1nc(C2(OC)CCCCC2)nc(NC)c1Br. The smallest absolute Gasteiger partial charge is 0.162 e. The molecule has 0 saturated heterocycles. The number of nitrogens with one attached hydrogen (secondary N) is 1. The molecule has 1 aliphatic rings. The zero-order valence-electron chi connectivity index (χ0n) is 12.6. The Labute approximate surface area is 129 Å². The van der Waals surface area contributed by atoms with Crippen LogP contribution in [0.15, 0.2) is 4.47 Å². The van der Waals surface area contributed by atoms with E-state index in [1.807, 2.05) is 7.05 Å². The van der Waals surface area contributed by atoms with Crippen LogP contribution in [0.1, 0.15) is 57.0 Å². The lowest BCUT2D eigenvalue weighted by atomic mass is 9.84. The summed E-state index contributed by atoms with van der Waals surface area (Å²) in [6.45, 7) is 2.17. The first kappa shape index (κ1) is 15.7. The van der Waals surface area contributed by atoms with E-state index in [1.54, 1.807) is 7.11 Å². The Morgan fingerprint density at radius 3 is 2.50 bits per heavy atom. The number of nitrogens with zero attached hydrogens (tertiary/aromatic N) is 2. The van der Waals surface area contributed by atoms with Crippen molar-refractivity contribution in [3.63, 3.8) is 0 Å². The van der Waals surface area contributed by atoms with E-state index < -0.39 is 0 Å². The van der Waals surface area contributed by atoms with E-state index >= 15 is 0 Å². The third kappa shape index (κ3) is 2.98. The average molecular weight is 342 g/mol. The summed E-state index contributed by atoms with van der Waals surface area (Å²) in [5.74, 6) is 1.70. The van der Waals surface area contributed by atoms with Crippen LogP contribution in [0.25, 0.3) is 0 Å². The van der Waals surface area contributed by atoms with Gasteiger partial charge in [-0.25, -0.2) is 9.97 Å². The fourth-order valence-corrected chi connectivity index (χ4v) is 3.48. The molecule has 0 spiro atoms. The van der Waals surface area contributed by atoms with E-state index in [0.29, 0.717) is 0 Å². The number of aromatic nitrogens is 2. The predicted octanol–water partition coefficient (Wildman–Crippen LogP) is 4.04. The van der Waals surface area contributed by atoms with Gasteiger partial charge in [0.15, 0.2) is 5.82 Å². The van der Waals surface area contributed by atoms with Crippen molar-refractivity contribution in [3.05, 3.63) is 16.0 Å². The first-order chi connectivity index (χ1) is 9.66. The standard InChI is InChI=1S/C15H24BrN3O/c1-4-8-11-12(16)13(17-2)19-14(18-11)15(20-3)9-6-5-7-10-15/h4-10H2,1-3H3,(H,17,18,19). The lowest BCUT2D eigenvalue weighted by Crippen LogP contribution is -2.34. The summed E-state index contributed by atoms with van der Waals surface area (Å²) in [7, 11) is 3.68. The third-order valence-electron chi connectivity index (χ3n) is 4.10. The van der Waals surface area contributed by atoms with Gasteiger partial charge in [0, 0.05) is 14.2 Å². The predicted molar refractivity (Wildman–Crippen MR) is 85.0 cm³/mol. The van der Waals surface area contributed by atoms with Gasteiger partial charge in [-0.2, -0.15) is 0 Å². The Kier molecular flexibility index (Phi) is 5.38. The summed E-state index contributed by atoms with van der Waals surface area (Å²) in [5.41, 5.74) is 0.774. The molecular weight excluding hydrogens is 318 g/mol. The first-order valence-corrected chi connectivity index (χ1v) is 8.26. The molecule has 20 heavy (non-hydrogen) atoms. The van der Waals surface area contributed by atoms with Gasteiger partial charge in [0.25, 0.3) is 0 Å². The van der Waals surface area contributed by atoms with Crippen molar-refractivity contribution in [1.29, 1.82) is 0 Å². The van der Waals surface area contributed by atoms with Gasteiger partial charge in [-0.15, -0.1) is 0 Å². The second-order valence-corrected chi connectivity index (χ2v) is 6.21. The Morgan fingerprint density at radius 1 is 1.25 bits per heavy atom. The molecule has 1 N–H and O–H groups in total. The Balaban J connectivity index is 2.46. The molecule has 1 saturated carbocycles. The molecule has 1 aromatic heterocycles. The van der Waals surface area contributed by atoms with Crippen molar-refractivity contribution in [2.75, 3.05) is 19.5 Å². The zero-order valence-corrected chi connectivity index (χ0v) is 14.2. The Hall–Kier alpha value is -0.680. The lowest BCUT2D eigenvalue weighted by molar-refractivity contribution is -0.0515. The van der Waals surface area contributed by atoms with Crippen molar-refractivity contribution in [1.82, 2.24) is 9.97 Å². The van der Waals surface area contributed by atoms with Crippen LogP contribution in [0.2, 0.25) is 0 Å². The topological polar surface area (TPSA) is 47.0 Å². The largest absolute Gasteiger partial charge is 0.372 e. The molecule has 1 aliphatic carbocycles. The van der Waals surface area contributed by atoms with E-state index in [9.17, 15) is 0 Å². The molecule has 0 unspecified atom stereocenters. The number of aryl methyl sites for hydroxylation is 1. The number of anilines is 1. The average Bonchev–Trinajstić information content (AvgIpc) is 2.50. The molecule has 1 aromatic rings. The van der Waals surface area contributed by atoms with Gasteiger partial charge in [0.1, 0.15) is 11.4 Å². The van der Waals surface area contributed by atoms with E-state index in [1.165, 1.54) is 19.3 Å². The molecule has 1 fully saturated rings. The molecule has 0 bridgehead atoms. The summed E-state index contributed by atoms with van der Waals surface area (Å²) in [4.78, 5) is 9.52. The van der Waals surface area contributed by atoms with Crippen LogP contribution in [-0.4, -0.2) is 24.1 Å². The van der Waals surface area contributed by atoms with Crippen LogP contribution in [0, 0.1) is 0 Å². The van der Waals surface area contributed by atoms with Gasteiger partial charge in [-0.05, 0) is 35.2 Å². The molecule has 2 rings (SSSR count). The molecule has 5 heteroatoms. The summed E-state index contributed by atoms with van der Waals surface area (Å²) in [5, 5.41) is 3.16. The highest BCUT2D eigenvalue weighted by Gasteiger charge is 2.37. The van der Waals surface area contributed by atoms with Crippen LogP contribution in [0.4, 0.5) is 5.82 Å². The van der Waals surface area contributed by atoms with Gasteiger partial charge in [0.2, 0.25) is 0 Å². The second-order valence-electron chi connectivity index (χ2n) is 5.42. The Bertz CT molecular complexity index is 459. The van der Waals surface area contributed by atoms with Gasteiger partial charge >= 0.3 is 0 Å². The molecule has 0 aliphatic heterocycles. The van der Waals surface area contributed by atoms with Gasteiger partial charge < -0.3 is 10.1 Å². The first-order valence-electron chi connectivity index (χ1n) is 7.46. The van der Waals surface area contributed by atoms with Crippen LogP contribution < -0.4 is 5.32 Å². The van der Waals surface area contributed by atoms with Crippen LogP contribution in [0.3, 0.4) is 0 Å². The van der Waals surface area contributed by atoms with Crippen molar-refractivity contribution in [2.24, 2.45) is 0 Å². The van der Waals surface area contributed by atoms with E-state index in [4.69, 9.17) is 14.7 Å². The summed E-state index contributed by atoms with van der Waals surface area (Å²) < 4.78 is 6.85. The molecule has 0 radical (unpaired) electrons. The number of methoxy groups -OCH3 is 1. The molecule has 0 atom stereocenters. The summed E-state index contributed by atoms with van der Waals surface area (Å²) >= 11 is 3.61. The number of hydrogen-bond donors (Lipinski definition) is 1. The summed E-state index contributed by atoms with van der Waals surface area (Å²) in [6, 6.07) is 0. The molecule has 1 heterocycles. The monoisotopic (exact) mass is 341 g/mol. The fourth-order valence-electron chi connectivity index (χ4n) is 2.91. The van der Waals surface area contributed by atoms with Crippen molar-refractivity contribution >= 4 is 21.7 Å². The van der Waals surface area contributed by atoms with Gasteiger partial charge in [-0.3, -0.25) is 0 Å². The number of hydrogen-bond acceptors (Lipinski definition) is 4. The second kappa shape index (κ2) is 6.85. The minimum absolute atomic E-state index is 0.299. The lowest BCUT2D eigenvalue weighted by Gasteiger charge is -2.35.